The monoisotopic (exact) mass is 331 g/mol. The normalized spacial score (nSPS) is 17.4. The van der Waals surface area contributed by atoms with Crippen molar-refractivity contribution in [2.45, 2.75) is 6.10 Å². The third-order valence-corrected chi connectivity index (χ3v) is 3.35. The van der Waals surface area contributed by atoms with E-state index in [1.165, 1.54) is 0 Å². The predicted octanol–water partition coefficient (Wildman–Crippen LogP) is -0.144. The van der Waals surface area contributed by atoms with Gasteiger partial charge in [0, 0.05) is 15.0 Å². The molecule has 7 nitrogen and oxygen atoms in total. The number of fused-ring (bicyclic) bond motifs is 1. The Morgan fingerprint density at radius 3 is 2.95 bits per heavy atom. The molecule has 1 atom stereocenters. The Hall–Kier alpha value is -1.16. The molecule has 0 saturated carbocycles. The maximum absolute atomic E-state index is 10.6. The molecule has 9 heteroatoms. The van der Waals surface area contributed by atoms with Gasteiger partial charge >= 0.3 is 7.12 Å². The lowest BCUT2D eigenvalue weighted by molar-refractivity contribution is -0.490. The first-order valence-corrected chi connectivity index (χ1v) is 6.34. The molecule has 0 amide bonds. The van der Waals surface area contributed by atoms with Gasteiger partial charge in [-0.3, -0.25) is 10.1 Å². The van der Waals surface area contributed by atoms with Crippen molar-refractivity contribution in [1.29, 1.82) is 0 Å². The van der Waals surface area contributed by atoms with Gasteiger partial charge in [-0.15, -0.1) is 0 Å². The van der Waals surface area contributed by atoms with Crippen LogP contribution in [-0.4, -0.2) is 41.9 Å². The summed E-state index contributed by atoms with van der Waals surface area (Å²) in [7, 11) is -1.21. The Kier molecular flexibility index (Phi) is 4.40. The Bertz CT molecular complexity index is 499. The summed E-state index contributed by atoms with van der Waals surface area (Å²) in [5.41, 5.74) is 0.995. The number of hydrogen-bond donors (Lipinski definition) is 2. The molecule has 1 aromatic carbocycles. The van der Waals surface area contributed by atoms with E-state index < -0.39 is 24.7 Å². The highest BCUT2D eigenvalue weighted by Crippen LogP contribution is 2.33. The molecule has 0 aliphatic carbocycles. The topological polar surface area (TPSA) is 102 Å². The summed E-state index contributed by atoms with van der Waals surface area (Å²) in [5, 5.41) is 29.0. The molecule has 0 spiro atoms. The summed E-state index contributed by atoms with van der Waals surface area (Å²) in [6.07, 6.45) is -0.790. The molecule has 0 fully saturated rings. The second kappa shape index (κ2) is 5.87. The van der Waals surface area contributed by atoms with E-state index in [1.807, 2.05) is 0 Å². The van der Waals surface area contributed by atoms with E-state index in [0.29, 0.717) is 21.2 Å². The van der Waals surface area contributed by atoms with Crippen LogP contribution in [0.4, 0.5) is 0 Å². The van der Waals surface area contributed by atoms with Crippen molar-refractivity contribution in [2.75, 3.05) is 19.8 Å². The van der Waals surface area contributed by atoms with Gasteiger partial charge < -0.3 is 19.5 Å². The summed E-state index contributed by atoms with van der Waals surface area (Å²) < 4.78 is 11.0. The van der Waals surface area contributed by atoms with Crippen LogP contribution in [-0.2, 0) is 4.65 Å². The number of hydrogen-bond acceptors (Lipinski definition) is 6. The van der Waals surface area contributed by atoms with E-state index in [-0.39, 0.29) is 13.2 Å². The predicted molar refractivity (Wildman–Crippen MR) is 70.0 cm³/mol. The van der Waals surface area contributed by atoms with E-state index in [1.54, 1.807) is 12.1 Å². The summed E-state index contributed by atoms with van der Waals surface area (Å²) in [6, 6.07) is 3.18. The highest BCUT2D eigenvalue weighted by molar-refractivity contribution is 9.10. The largest absolute Gasteiger partial charge is 0.492 e. The van der Waals surface area contributed by atoms with Crippen LogP contribution in [0.25, 0.3) is 0 Å². The van der Waals surface area contributed by atoms with Crippen LogP contribution in [0.5, 0.6) is 5.75 Å². The fourth-order valence-electron chi connectivity index (χ4n) is 1.97. The maximum Gasteiger partial charge on any atom is 0.492 e. The molecule has 0 radical (unpaired) electrons. The molecule has 1 heterocycles. The Balaban J connectivity index is 2.31. The van der Waals surface area contributed by atoms with Crippen LogP contribution in [0.1, 0.15) is 11.7 Å². The highest BCUT2D eigenvalue weighted by Gasteiger charge is 2.39. The van der Waals surface area contributed by atoms with Gasteiger partial charge in [0.1, 0.15) is 18.5 Å². The molecular formula is C10H11BBrNO6. The minimum atomic E-state index is -1.21. The SMILES string of the molecule is O=[N+]([O-])CC1OB(O)c2cc(OCCO)cc(Br)c21. The number of rotatable bonds is 5. The number of benzene rings is 1. The summed E-state index contributed by atoms with van der Waals surface area (Å²) in [6.45, 7) is -0.419. The van der Waals surface area contributed by atoms with Crippen molar-refractivity contribution in [2.24, 2.45) is 0 Å². The molecule has 102 valence electrons. The Morgan fingerprint density at radius 1 is 1.58 bits per heavy atom. The smallest absolute Gasteiger partial charge is 0.491 e. The molecular weight excluding hydrogens is 321 g/mol. The van der Waals surface area contributed by atoms with Crippen LogP contribution in [0.15, 0.2) is 16.6 Å². The summed E-state index contributed by atoms with van der Waals surface area (Å²) in [5.74, 6) is 0.448. The van der Waals surface area contributed by atoms with Gasteiger partial charge in [0.25, 0.3) is 0 Å². The first-order chi connectivity index (χ1) is 9.02. The van der Waals surface area contributed by atoms with Gasteiger partial charge in [0.15, 0.2) is 0 Å². The van der Waals surface area contributed by atoms with Crippen molar-refractivity contribution in [1.82, 2.24) is 0 Å². The number of ether oxygens (including phenoxy) is 1. The number of halogens is 1. The standard InChI is InChI=1S/C10H11BBrNO6/c12-8-4-6(18-2-1-14)3-7-10(8)9(5-13(16)17)19-11(7)15/h3-4,9,14-15H,1-2,5H2. The molecule has 0 saturated heterocycles. The fourth-order valence-corrected chi connectivity index (χ4v) is 2.68. The second-order valence-corrected chi connectivity index (χ2v) is 4.83. The molecule has 2 rings (SSSR count). The number of nitro groups is 1. The van der Waals surface area contributed by atoms with Crippen LogP contribution in [0.3, 0.4) is 0 Å². The quantitative estimate of drug-likeness (QED) is 0.442. The van der Waals surface area contributed by atoms with Crippen molar-refractivity contribution in [3.63, 3.8) is 0 Å². The van der Waals surface area contributed by atoms with Crippen LogP contribution >= 0.6 is 15.9 Å². The minimum absolute atomic E-state index is 0.126. The number of aliphatic hydroxyl groups is 1. The zero-order chi connectivity index (χ0) is 14.0. The lowest BCUT2D eigenvalue weighted by atomic mass is 9.79. The molecule has 0 aromatic heterocycles. The van der Waals surface area contributed by atoms with Gasteiger partial charge in [-0.2, -0.15) is 0 Å². The molecule has 1 aliphatic heterocycles. The molecule has 1 aliphatic rings. The zero-order valence-corrected chi connectivity index (χ0v) is 11.4. The second-order valence-electron chi connectivity index (χ2n) is 3.97. The van der Waals surface area contributed by atoms with Crippen molar-refractivity contribution in [3.8, 4) is 5.75 Å². The third kappa shape index (κ3) is 3.06. The van der Waals surface area contributed by atoms with Gasteiger partial charge in [-0.1, -0.05) is 15.9 Å². The van der Waals surface area contributed by atoms with Crippen LogP contribution < -0.4 is 10.2 Å². The fraction of sp³-hybridized carbons (Fsp3) is 0.400. The number of aliphatic hydroxyl groups excluding tert-OH is 1. The van der Waals surface area contributed by atoms with Crippen molar-refractivity contribution >= 4 is 28.5 Å². The zero-order valence-electron chi connectivity index (χ0n) is 9.78. The molecule has 0 bridgehead atoms. The summed E-state index contributed by atoms with van der Waals surface area (Å²) in [4.78, 5) is 10.1. The Labute approximate surface area is 117 Å². The maximum atomic E-state index is 10.6. The van der Waals surface area contributed by atoms with E-state index in [9.17, 15) is 15.1 Å². The highest BCUT2D eigenvalue weighted by atomic mass is 79.9. The number of nitrogens with zero attached hydrogens (tertiary/aromatic N) is 1. The average Bonchev–Trinajstić information content (AvgIpc) is 2.63. The van der Waals surface area contributed by atoms with E-state index in [2.05, 4.69) is 15.9 Å². The first-order valence-electron chi connectivity index (χ1n) is 5.55. The van der Waals surface area contributed by atoms with E-state index in [4.69, 9.17) is 14.5 Å². The molecule has 2 N–H and O–H groups in total. The van der Waals surface area contributed by atoms with Crippen LogP contribution in [0, 0.1) is 10.1 Å². The summed E-state index contributed by atoms with van der Waals surface area (Å²) >= 11 is 3.29. The Morgan fingerprint density at radius 2 is 2.32 bits per heavy atom. The average molecular weight is 332 g/mol. The van der Waals surface area contributed by atoms with Gasteiger partial charge in [0.05, 0.1) is 6.61 Å². The van der Waals surface area contributed by atoms with Gasteiger partial charge in [0.2, 0.25) is 6.54 Å². The van der Waals surface area contributed by atoms with E-state index in [0.717, 1.165) is 0 Å². The molecule has 1 aromatic rings. The lowest BCUT2D eigenvalue weighted by Crippen LogP contribution is -2.28. The first kappa shape index (κ1) is 14.3. The van der Waals surface area contributed by atoms with Crippen LogP contribution in [0.2, 0.25) is 0 Å². The van der Waals surface area contributed by atoms with Crippen molar-refractivity contribution in [3.05, 3.63) is 32.3 Å². The van der Waals surface area contributed by atoms with Crippen molar-refractivity contribution < 1.29 is 24.4 Å². The lowest BCUT2D eigenvalue weighted by Gasteiger charge is -2.11. The van der Waals surface area contributed by atoms with E-state index >= 15 is 0 Å². The minimum Gasteiger partial charge on any atom is -0.491 e. The van der Waals surface area contributed by atoms with Gasteiger partial charge in [-0.25, -0.2) is 0 Å². The molecule has 1 unspecified atom stereocenters. The molecule has 19 heavy (non-hydrogen) atoms. The van der Waals surface area contributed by atoms with Gasteiger partial charge in [-0.05, 0) is 17.6 Å². The third-order valence-electron chi connectivity index (χ3n) is 2.69.